The number of ether oxygens (including phenoxy) is 1. The van der Waals surface area contributed by atoms with Gasteiger partial charge in [0.25, 0.3) is 0 Å². The summed E-state index contributed by atoms with van der Waals surface area (Å²) in [6.45, 7) is 2.11. The first-order valence-corrected chi connectivity index (χ1v) is 16.6. The van der Waals surface area contributed by atoms with Crippen molar-refractivity contribution in [2.45, 2.75) is 55.8 Å². The lowest BCUT2D eigenvalue weighted by atomic mass is 9.98. The molecule has 1 aliphatic carbocycles. The number of aromatic nitrogens is 4. The van der Waals surface area contributed by atoms with Crippen molar-refractivity contribution in [2.75, 3.05) is 5.32 Å². The summed E-state index contributed by atoms with van der Waals surface area (Å²) in [6, 6.07) is 17.0. The van der Waals surface area contributed by atoms with Crippen LogP contribution < -0.4 is 10.1 Å². The summed E-state index contributed by atoms with van der Waals surface area (Å²) in [4.78, 5) is 15.3. The summed E-state index contributed by atoms with van der Waals surface area (Å²) in [5, 5.41) is 3.43. The molecule has 0 radical (unpaired) electrons. The number of rotatable bonds is 8. The molecule has 1 N–H and O–H groups in total. The minimum absolute atomic E-state index is 0.203. The molecule has 0 aliphatic heterocycles. The summed E-state index contributed by atoms with van der Waals surface area (Å²) in [6.07, 6.45) is 8.39. The van der Waals surface area contributed by atoms with Crippen molar-refractivity contribution in [3.63, 3.8) is 0 Å². The number of nitrogens with zero attached hydrogens (tertiary/aromatic N) is 4. The predicted molar refractivity (Wildman–Crippen MR) is 151 cm³/mol. The van der Waals surface area contributed by atoms with Crippen LogP contribution in [0.1, 0.15) is 43.2 Å². The molecule has 1 unspecified atom stereocenters. The number of imidazole rings is 1. The SMILES string of the molecule is Cc1cc(SCc2ccccc2)ccc1Nc1nc(OC2CCCCC2)c2ncn(PI)c2n1. The van der Waals surface area contributed by atoms with Gasteiger partial charge in [0.2, 0.25) is 11.8 Å². The molecule has 0 bridgehead atoms. The Kier molecular flexibility index (Phi) is 7.87. The van der Waals surface area contributed by atoms with Gasteiger partial charge in [-0.05, 0) is 84.0 Å². The minimum Gasteiger partial charge on any atom is -0.473 e. The van der Waals surface area contributed by atoms with Crippen molar-refractivity contribution in [2.24, 2.45) is 0 Å². The molecule has 0 amide bonds. The molecule has 4 aromatic rings. The van der Waals surface area contributed by atoms with E-state index in [1.807, 2.05) is 22.4 Å². The molecule has 34 heavy (non-hydrogen) atoms. The lowest BCUT2D eigenvalue weighted by Gasteiger charge is -2.22. The van der Waals surface area contributed by atoms with Crippen LogP contribution in [0.15, 0.2) is 59.8 Å². The number of halogens is 1. The zero-order chi connectivity index (χ0) is 23.3. The van der Waals surface area contributed by atoms with E-state index in [9.17, 15) is 0 Å². The second-order valence-electron chi connectivity index (χ2n) is 8.48. The quantitative estimate of drug-likeness (QED) is 0.127. The number of anilines is 2. The fraction of sp³-hybridized carbons (Fsp3) is 0.320. The number of hydrogen-bond acceptors (Lipinski definition) is 6. The minimum atomic E-state index is 0.203. The Hall–Kier alpha value is -1.90. The van der Waals surface area contributed by atoms with Gasteiger partial charge < -0.3 is 10.1 Å². The van der Waals surface area contributed by atoms with Gasteiger partial charge in [-0.25, -0.2) is 4.98 Å². The van der Waals surface area contributed by atoms with E-state index in [1.165, 1.54) is 29.7 Å². The third kappa shape index (κ3) is 5.66. The van der Waals surface area contributed by atoms with E-state index in [-0.39, 0.29) is 6.10 Å². The molecule has 0 saturated heterocycles. The van der Waals surface area contributed by atoms with Crippen molar-refractivity contribution >= 4 is 63.0 Å². The van der Waals surface area contributed by atoms with Crippen LogP contribution in [0.2, 0.25) is 0 Å². The number of nitrogens with one attached hydrogen (secondary N) is 1. The summed E-state index contributed by atoms with van der Waals surface area (Å²) in [5.74, 6) is 2.08. The number of hydrogen-bond donors (Lipinski definition) is 1. The van der Waals surface area contributed by atoms with Crippen molar-refractivity contribution in [3.05, 3.63) is 66.0 Å². The fourth-order valence-corrected chi connectivity index (χ4v) is 6.49. The van der Waals surface area contributed by atoms with E-state index in [0.717, 1.165) is 41.0 Å². The highest BCUT2D eigenvalue weighted by atomic mass is 127. The van der Waals surface area contributed by atoms with Crippen LogP contribution in [0.25, 0.3) is 11.2 Å². The Labute approximate surface area is 219 Å². The first-order valence-electron chi connectivity index (χ1n) is 11.5. The molecule has 2 aromatic heterocycles. The van der Waals surface area contributed by atoms with Gasteiger partial charge >= 0.3 is 0 Å². The van der Waals surface area contributed by atoms with Gasteiger partial charge in [-0.3, -0.25) is 4.34 Å². The predicted octanol–water partition coefficient (Wildman–Crippen LogP) is 7.67. The standard InChI is InChI=1S/C25H27IN5OPS/c1-17-14-20(34-15-18-8-4-2-5-9-18)12-13-21(17)28-25-29-23-22(27-16-31(23)33-26)24(30-25)32-19-10-6-3-7-11-19/h2,4-5,8-9,12-14,16,19,33H,3,6-7,10-11,15H2,1H3,(H,28,29,30). The van der Waals surface area contributed by atoms with Crippen LogP contribution in [0.3, 0.4) is 0 Å². The van der Waals surface area contributed by atoms with Gasteiger partial charge in [-0.1, -0.05) is 36.8 Å². The zero-order valence-corrected chi connectivity index (χ0v) is 23.0. The molecule has 176 valence electrons. The normalized spacial score (nSPS) is 14.8. The Morgan fingerprint density at radius 2 is 1.94 bits per heavy atom. The maximum atomic E-state index is 6.36. The number of aryl methyl sites for hydroxylation is 1. The van der Waals surface area contributed by atoms with Crippen LogP contribution in [-0.4, -0.2) is 25.4 Å². The maximum absolute atomic E-state index is 6.36. The largest absolute Gasteiger partial charge is 0.473 e. The summed E-state index contributed by atoms with van der Waals surface area (Å²) >= 11 is 4.19. The molecule has 5 rings (SSSR count). The van der Waals surface area contributed by atoms with E-state index in [0.29, 0.717) is 18.2 Å². The topological polar surface area (TPSA) is 64.9 Å². The zero-order valence-electron chi connectivity index (χ0n) is 19.0. The van der Waals surface area contributed by atoms with Crippen molar-refractivity contribution < 1.29 is 4.74 Å². The average molecular weight is 603 g/mol. The Balaban J connectivity index is 1.37. The third-order valence-electron chi connectivity index (χ3n) is 5.98. The molecule has 2 heterocycles. The number of fused-ring (bicyclic) bond motifs is 1. The van der Waals surface area contributed by atoms with Gasteiger partial charge in [0, 0.05) is 16.3 Å². The smallest absolute Gasteiger partial charge is 0.247 e. The Morgan fingerprint density at radius 1 is 1.12 bits per heavy atom. The first-order chi connectivity index (χ1) is 16.7. The highest BCUT2D eigenvalue weighted by Crippen LogP contribution is 2.34. The monoisotopic (exact) mass is 603 g/mol. The van der Waals surface area contributed by atoms with E-state index in [4.69, 9.17) is 14.7 Å². The lowest BCUT2D eigenvalue weighted by Crippen LogP contribution is -2.20. The van der Waals surface area contributed by atoms with Gasteiger partial charge in [0.15, 0.2) is 11.2 Å². The second kappa shape index (κ2) is 11.2. The van der Waals surface area contributed by atoms with Crippen molar-refractivity contribution in [3.8, 4) is 5.88 Å². The molecular formula is C25H27IN5OPS. The first kappa shape index (κ1) is 23.8. The second-order valence-corrected chi connectivity index (χ2v) is 11.6. The van der Waals surface area contributed by atoms with Gasteiger partial charge in [-0.2, -0.15) is 9.97 Å². The Bertz CT molecular complexity index is 1260. The third-order valence-corrected chi connectivity index (χ3v) is 9.11. The molecule has 9 heteroatoms. The highest BCUT2D eigenvalue weighted by molar-refractivity contribution is 14.2. The highest BCUT2D eigenvalue weighted by Gasteiger charge is 2.20. The van der Waals surface area contributed by atoms with E-state index < -0.39 is 0 Å². The summed E-state index contributed by atoms with van der Waals surface area (Å²) < 4.78 is 8.41. The van der Waals surface area contributed by atoms with Crippen LogP contribution in [0, 0.1) is 6.92 Å². The molecule has 1 atom stereocenters. The molecule has 1 fully saturated rings. The van der Waals surface area contributed by atoms with E-state index >= 15 is 0 Å². The van der Waals surface area contributed by atoms with Gasteiger partial charge in [0.1, 0.15) is 12.4 Å². The van der Waals surface area contributed by atoms with Crippen molar-refractivity contribution in [1.82, 2.24) is 19.3 Å². The number of benzene rings is 2. The summed E-state index contributed by atoms with van der Waals surface area (Å²) in [5.41, 5.74) is 5.02. The van der Waals surface area contributed by atoms with Gasteiger partial charge in [-0.15, -0.1) is 11.8 Å². The summed E-state index contributed by atoms with van der Waals surface area (Å²) in [7, 11) is 0. The van der Waals surface area contributed by atoms with Gasteiger partial charge in [0.05, 0.1) is 6.37 Å². The van der Waals surface area contributed by atoms with Crippen LogP contribution in [-0.2, 0) is 5.75 Å². The molecule has 1 saturated carbocycles. The Morgan fingerprint density at radius 3 is 2.71 bits per heavy atom. The van der Waals surface area contributed by atoms with Crippen LogP contribution >= 0.6 is 40.2 Å². The van der Waals surface area contributed by atoms with E-state index in [1.54, 1.807) is 0 Å². The fourth-order valence-electron chi connectivity index (χ4n) is 4.14. The molecular weight excluding hydrogens is 576 g/mol. The lowest BCUT2D eigenvalue weighted by molar-refractivity contribution is 0.150. The average Bonchev–Trinajstić information content (AvgIpc) is 3.29. The molecule has 2 aromatic carbocycles. The van der Waals surface area contributed by atoms with E-state index in [2.05, 4.69) is 87.8 Å². The van der Waals surface area contributed by atoms with Crippen molar-refractivity contribution in [1.29, 1.82) is 0 Å². The molecule has 1 aliphatic rings. The maximum Gasteiger partial charge on any atom is 0.247 e. The number of thioether (sulfide) groups is 1. The van der Waals surface area contributed by atoms with Crippen LogP contribution in [0.5, 0.6) is 5.88 Å². The molecule has 6 nitrogen and oxygen atoms in total. The van der Waals surface area contributed by atoms with Crippen LogP contribution in [0.4, 0.5) is 11.6 Å². The molecule has 0 spiro atoms.